The Morgan fingerprint density at radius 1 is 1.10 bits per heavy atom. The summed E-state index contributed by atoms with van der Waals surface area (Å²) in [7, 11) is 1.75. The highest BCUT2D eigenvalue weighted by Gasteiger charge is 2.11. The molecule has 0 unspecified atom stereocenters. The van der Waals surface area contributed by atoms with Gasteiger partial charge >= 0.3 is 0 Å². The first kappa shape index (κ1) is 14.1. The molecule has 0 aromatic heterocycles. The summed E-state index contributed by atoms with van der Waals surface area (Å²) in [5.74, 6) is -0.299. The maximum absolute atomic E-state index is 12.8. The molecule has 0 fully saturated rings. The van der Waals surface area contributed by atoms with E-state index >= 15 is 0 Å². The number of nitrogens with two attached hydrogens (primary N) is 1. The largest absolute Gasteiger partial charge is 0.399 e. The van der Waals surface area contributed by atoms with Gasteiger partial charge in [-0.1, -0.05) is 12.1 Å². The fourth-order valence-corrected chi connectivity index (χ4v) is 1.90. The standard InChI is InChI=1S/C16H17FN2O/c1-19(11-10-12-2-6-14(17)7-3-12)16(20)13-4-8-15(18)9-5-13/h2-9H,10-11,18H2,1H3. The summed E-state index contributed by atoms with van der Waals surface area (Å²) in [6.45, 7) is 0.578. The molecule has 2 rings (SSSR count). The van der Waals surface area contributed by atoms with Gasteiger partial charge in [-0.25, -0.2) is 4.39 Å². The number of carbonyl (C=O) groups is 1. The van der Waals surface area contributed by atoms with Crippen LogP contribution >= 0.6 is 0 Å². The van der Waals surface area contributed by atoms with E-state index in [0.717, 1.165) is 5.56 Å². The first-order valence-electron chi connectivity index (χ1n) is 6.42. The Hall–Kier alpha value is -2.36. The minimum absolute atomic E-state index is 0.0490. The van der Waals surface area contributed by atoms with Gasteiger partial charge in [-0.05, 0) is 48.4 Å². The van der Waals surface area contributed by atoms with Crippen LogP contribution in [-0.2, 0) is 6.42 Å². The monoisotopic (exact) mass is 272 g/mol. The van der Waals surface area contributed by atoms with Crippen LogP contribution in [0, 0.1) is 5.82 Å². The maximum Gasteiger partial charge on any atom is 0.253 e. The average molecular weight is 272 g/mol. The minimum atomic E-state index is -0.250. The zero-order valence-electron chi connectivity index (χ0n) is 11.3. The van der Waals surface area contributed by atoms with E-state index in [0.29, 0.717) is 24.2 Å². The van der Waals surface area contributed by atoms with Crippen LogP contribution in [0.2, 0.25) is 0 Å². The van der Waals surface area contributed by atoms with Crippen molar-refractivity contribution in [1.29, 1.82) is 0 Å². The summed E-state index contributed by atoms with van der Waals surface area (Å²) >= 11 is 0. The molecule has 4 heteroatoms. The van der Waals surface area contributed by atoms with Crippen molar-refractivity contribution < 1.29 is 9.18 Å². The van der Waals surface area contributed by atoms with Crippen LogP contribution in [0.25, 0.3) is 0 Å². The lowest BCUT2D eigenvalue weighted by Gasteiger charge is -2.17. The zero-order valence-corrected chi connectivity index (χ0v) is 11.3. The van der Waals surface area contributed by atoms with Crippen molar-refractivity contribution in [3.05, 3.63) is 65.5 Å². The molecule has 2 aromatic rings. The molecule has 0 saturated carbocycles. The highest BCUT2D eigenvalue weighted by atomic mass is 19.1. The number of nitrogens with zero attached hydrogens (tertiary/aromatic N) is 1. The summed E-state index contributed by atoms with van der Waals surface area (Å²) in [5.41, 5.74) is 7.84. The van der Waals surface area contributed by atoms with Gasteiger partial charge < -0.3 is 10.6 Å². The van der Waals surface area contributed by atoms with Gasteiger partial charge in [0.25, 0.3) is 5.91 Å². The number of carbonyl (C=O) groups excluding carboxylic acids is 1. The lowest BCUT2D eigenvalue weighted by molar-refractivity contribution is 0.0796. The Morgan fingerprint density at radius 3 is 2.30 bits per heavy atom. The second kappa shape index (κ2) is 6.19. The third-order valence-corrected chi connectivity index (χ3v) is 3.15. The Balaban J connectivity index is 1.94. The number of anilines is 1. The predicted octanol–water partition coefficient (Wildman–Crippen LogP) is 2.72. The van der Waals surface area contributed by atoms with Gasteiger partial charge in [0.15, 0.2) is 0 Å². The Labute approximate surface area is 117 Å². The zero-order chi connectivity index (χ0) is 14.5. The minimum Gasteiger partial charge on any atom is -0.399 e. The van der Waals surface area contributed by atoms with Gasteiger partial charge in [0, 0.05) is 24.8 Å². The summed E-state index contributed by atoms with van der Waals surface area (Å²) in [6, 6.07) is 13.2. The molecule has 0 heterocycles. The third kappa shape index (κ3) is 3.57. The van der Waals surface area contributed by atoms with Crippen molar-refractivity contribution in [2.75, 3.05) is 19.3 Å². The molecular formula is C16H17FN2O. The van der Waals surface area contributed by atoms with E-state index in [1.165, 1.54) is 12.1 Å². The van der Waals surface area contributed by atoms with Gasteiger partial charge in [0.1, 0.15) is 5.82 Å². The number of rotatable bonds is 4. The van der Waals surface area contributed by atoms with E-state index in [1.54, 1.807) is 48.3 Å². The number of halogens is 1. The molecule has 3 nitrogen and oxygen atoms in total. The lowest BCUT2D eigenvalue weighted by atomic mass is 10.1. The Bertz CT molecular complexity index is 578. The Kier molecular flexibility index (Phi) is 4.35. The van der Waals surface area contributed by atoms with Crippen molar-refractivity contribution in [3.63, 3.8) is 0 Å². The van der Waals surface area contributed by atoms with E-state index in [9.17, 15) is 9.18 Å². The highest BCUT2D eigenvalue weighted by Crippen LogP contribution is 2.09. The van der Waals surface area contributed by atoms with E-state index < -0.39 is 0 Å². The first-order valence-corrected chi connectivity index (χ1v) is 6.42. The number of benzene rings is 2. The number of nitrogen functional groups attached to an aromatic ring is 1. The fraction of sp³-hybridized carbons (Fsp3) is 0.188. The second-order valence-electron chi connectivity index (χ2n) is 4.73. The molecule has 1 amide bonds. The molecule has 0 radical (unpaired) electrons. The topological polar surface area (TPSA) is 46.3 Å². The van der Waals surface area contributed by atoms with Crippen LogP contribution in [0.5, 0.6) is 0 Å². The lowest BCUT2D eigenvalue weighted by Crippen LogP contribution is -2.28. The smallest absolute Gasteiger partial charge is 0.253 e. The molecule has 0 aliphatic carbocycles. The van der Waals surface area contributed by atoms with Crippen molar-refractivity contribution in [2.45, 2.75) is 6.42 Å². The van der Waals surface area contributed by atoms with Gasteiger partial charge in [0.2, 0.25) is 0 Å². The first-order chi connectivity index (χ1) is 9.56. The van der Waals surface area contributed by atoms with Crippen molar-refractivity contribution in [1.82, 2.24) is 4.90 Å². The highest BCUT2D eigenvalue weighted by molar-refractivity contribution is 5.94. The molecule has 0 atom stereocenters. The van der Waals surface area contributed by atoms with Crippen LogP contribution in [0.15, 0.2) is 48.5 Å². The number of hydrogen-bond donors (Lipinski definition) is 1. The Morgan fingerprint density at radius 2 is 1.70 bits per heavy atom. The summed E-state index contributed by atoms with van der Waals surface area (Å²) in [5, 5.41) is 0. The molecule has 0 spiro atoms. The average Bonchev–Trinajstić information content (AvgIpc) is 2.46. The molecule has 0 aliphatic heterocycles. The van der Waals surface area contributed by atoms with Crippen LogP contribution in [-0.4, -0.2) is 24.4 Å². The van der Waals surface area contributed by atoms with E-state index in [2.05, 4.69) is 0 Å². The predicted molar refractivity (Wildman–Crippen MR) is 77.9 cm³/mol. The molecule has 0 aliphatic rings. The molecule has 2 N–H and O–H groups in total. The number of amides is 1. The SMILES string of the molecule is CN(CCc1ccc(F)cc1)C(=O)c1ccc(N)cc1. The maximum atomic E-state index is 12.8. The van der Waals surface area contributed by atoms with Crippen molar-refractivity contribution in [2.24, 2.45) is 0 Å². The quantitative estimate of drug-likeness (QED) is 0.870. The molecular weight excluding hydrogens is 255 g/mol. The van der Waals surface area contributed by atoms with Gasteiger partial charge in [0.05, 0.1) is 0 Å². The fourth-order valence-electron chi connectivity index (χ4n) is 1.90. The van der Waals surface area contributed by atoms with Gasteiger partial charge in [-0.3, -0.25) is 4.79 Å². The van der Waals surface area contributed by atoms with E-state index in [-0.39, 0.29) is 11.7 Å². The van der Waals surface area contributed by atoms with Crippen LogP contribution < -0.4 is 5.73 Å². The summed E-state index contributed by atoms with van der Waals surface area (Å²) < 4.78 is 12.8. The van der Waals surface area contributed by atoms with Crippen LogP contribution in [0.3, 0.4) is 0 Å². The van der Waals surface area contributed by atoms with Crippen molar-refractivity contribution >= 4 is 11.6 Å². The summed E-state index contributed by atoms with van der Waals surface area (Å²) in [4.78, 5) is 13.8. The van der Waals surface area contributed by atoms with Crippen molar-refractivity contribution in [3.8, 4) is 0 Å². The van der Waals surface area contributed by atoms with Gasteiger partial charge in [-0.2, -0.15) is 0 Å². The van der Waals surface area contributed by atoms with Gasteiger partial charge in [-0.15, -0.1) is 0 Å². The third-order valence-electron chi connectivity index (χ3n) is 3.15. The van der Waals surface area contributed by atoms with Crippen LogP contribution in [0.4, 0.5) is 10.1 Å². The normalized spacial score (nSPS) is 10.3. The molecule has 104 valence electrons. The van der Waals surface area contributed by atoms with E-state index in [1.807, 2.05) is 0 Å². The second-order valence-corrected chi connectivity index (χ2v) is 4.73. The summed E-state index contributed by atoms with van der Waals surface area (Å²) in [6.07, 6.45) is 0.692. The molecule has 20 heavy (non-hydrogen) atoms. The molecule has 0 bridgehead atoms. The molecule has 0 saturated heterocycles. The van der Waals surface area contributed by atoms with E-state index in [4.69, 9.17) is 5.73 Å². The molecule has 2 aromatic carbocycles. The number of likely N-dealkylation sites (N-methyl/N-ethyl adjacent to an activating group) is 1. The number of hydrogen-bond acceptors (Lipinski definition) is 2. The van der Waals surface area contributed by atoms with Crippen LogP contribution in [0.1, 0.15) is 15.9 Å².